The van der Waals surface area contributed by atoms with Crippen molar-refractivity contribution in [3.8, 4) is 5.75 Å². The standard InChI is InChI=1S/C14H14O2/c1-10(9-15)11-3-4-13-8-14(16-2)6-5-12(13)7-11/h3-9,15H,1-2H3/b10-9+. The summed E-state index contributed by atoms with van der Waals surface area (Å²) in [5, 5.41) is 11.2. The molecule has 2 rings (SSSR count). The van der Waals surface area contributed by atoms with Crippen LogP contribution in [0.25, 0.3) is 16.3 Å². The van der Waals surface area contributed by atoms with Gasteiger partial charge in [0, 0.05) is 0 Å². The van der Waals surface area contributed by atoms with Crippen molar-refractivity contribution in [1.82, 2.24) is 0 Å². The van der Waals surface area contributed by atoms with Gasteiger partial charge in [-0.15, -0.1) is 0 Å². The van der Waals surface area contributed by atoms with Crippen LogP contribution >= 0.6 is 0 Å². The van der Waals surface area contributed by atoms with Crippen LogP contribution in [0.1, 0.15) is 12.5 Å². The fourth-order valence-electron chi connectivity index (χ4n) is 1.67. The van der Waals surface area contributed by atoms with Gasteiger partial charge in [0.05, 0.1) is 13.4 Å². The van der Waals surface area contributed by atoms with E-state index in [4.69, 9.17) is 9.84 Å². The molecule has 2 aromatic rings. The third kappa shape index (κ3) is 1.87. The molecule has 0 bridgehead atoms. The first kappa shape index (κ1) is 10.6. The molecule has 0 fully saturated rings. The Morgan fingerprint density at radius 2 is 1.81 bits per heavy atom. The molecule has 0 aromatic heterocycles. The van der Waals surface area contributed by atoms with Gasteiger partial charge in [-0.3, -0.25) is 0 Å². The number of hydrogen-bond acceptors (Lipinski definition) is 2. The molecule has 0 aliphatic heterocycles. The molecule has 0 amide bonds. The lowest BCUT2D eigenvalue weighted by molar-refractivity contribution is 0.415. The summed E-state index contributed by atoms with van der Waals surface area (Å²) in [6.45, 7) is 1.88. The van der Waals surface area contributed by atoms with Crippen LogP contribution in [0.15, 0.2) is 42.7 Å². The van der Waals surface area contributed by atoms with Crippen LogP contribution in [-0.4, -0.2) is 12.2 Å². The van der Waals surface area contributed by atoms with E-state index in [1.807, 2.05) is 37.3 Å². The Bertz CT molecular complexity index is 541. The van der Waals surface area contributed by atoms with E-state index < -0.39 is 0 Å². The van der Waals surface area contributed by atoms with E-state index in [1.165, 1.54) is 0 Å². The molecule has 0 saturated heterocycles. The van der Waals surface area contributed by atoms with Crippen LogP contribution < -0.4 is 4.74 Å². The first-order valence-corrected chi connectivity index (χ1v) is 5.14. The molecule has 2 nitrogen and oxygen atoms in total. The zero-order valence-electron chi connectivity index (χ0n) is 9.40. The number of rotatable bonds is 2. The van der Waals surface area contributed by atoms with Crippen molar-refractivity contribution in [2.45, 2.75) is 6.92 Å². The number of hydrogen-bond donors (Lipinski definition) is 1. The minimum absolute atomic E-state index is 0.856. The van der Waals surface area contributed by atoms with Crippen LogP contribution in [0.3, 0.4) is 0 Å². The molecule has 0 spiro atoms. The number of benzene rings is 2. The molecule has 2 aromatic carbocycles. The van der Waals surface area contributed by atoms with Gasteiger partial charge in [0.1, 0.15) is 5.75 Å². The molecular weight excluding hydrogens is 200 g/mol. The minimum Gasteiger partial charge on any atom is -0.515 e. The Kier molecular flexibility index (Phi) is 2.82. The first-order valence-electron chi connectivity index (χ1n) is 5.14. The lowest BCUT2D eigenvalue weighted by Gasteiger charge is -2.05. The highest BCUT2D eigenvalue weighted by Crippen LogP contribution is 2.24. The van der Waals surface area contributed by atoms with Gasteiger partial charge in [0.25, 0.3) is 0 Å². The van der Waals surface area contributed by atoms with Crippen molar-refractivity contribution in [2.24, 2.45) is 0 Å². The smallest absolute Gasteiger partial charge is 0.119 e. The monoisotopic (exact) mass is 214 g/mol. The van der Waals surface area contributed by atoms with Gasteiger partial charge in [-0.2, -0.15) is 0 Å². The minimum atomic E-state index is 0.856. The molecule has 0 heterocycles. The fraction of sp³-hybridized carbons (Fsp3) is 0.143. The van der Waals surface area contributed by atoms with Gasteiger partial charge in [-0.25, -0.2) is 0 Å². The molecule has 0 atom stereocenters. The van der Waals surface area contributed by atoms with Gasteiger partial charge >= 0.3 is 0 Å². The summed E-state index contributed by atoms with van der Waals surface area (Å²) in [4.78, 5) is 0. The van der Waals surface area contributed by atoms with Crippen LogP contribution in [0.2, 0.25) is 0 Å². The van der Waals surface area contributed by atoms with Crippen LogP contribution in [0, 0.1) is 0 Å². The Hall–Kier alpha value is -1.96. The second-order valence-electron chi connectivity index (χ2n) is 3.74. The summed E-state index contributed by atoms with van der Waals surface area (Å²) in [5.41, 5.74) is 1.89. The largest absolute Gasteiger partial charge is 0.515 e. The molecule has 82 valence electrons. The van der Waals surface area contributed by atoms with Crippen molar-refractivity contribution in [3.63, 3.8) is 0 Å². The molecule has 1 N–H and O–H groups in total. The van der Waals surface area contributed by atoms with Gasteiger partial charge in [-0.1, -0.05) is 18.2 Å². The van der Waals surface area contributed by atoms with Crippen molar-refractivity contribution >= 4 is 16.3 Å². The molecule has 16 heavy (non-hydrogen) atoms. The third-order valence-electron chi connectivity index (χ3n) is 2.70. The Morgan fingerprint density at radius 3 is 2.50 bits per heavy atom. The predicted octanol–water partition coefficient (Wildman–Crippen LogP) is 3.77. The second-order valence-corrected chi connectivity index (χ2v) is 3.74. The molecule has 0 aliphatic carbocycles. The molecule has 0 unspecified atom stereocenters. The van der Waals surface area contributed by atoms with Crippen LogP contribution in [-0.2, 0) is 0 Å². The van der Waals surface area contributed by atoms with Crippen LogP contribution in [0.5, 0.6) is 5.75 Å². The average Bonchev–Trinajstić information content (AvgIpc) is 2.36. The lowest BCUT2D eigenvalue weighted by atomic mass is 10.0. The zero-order valence-corrected chi connectivity index (χ0v) is 9.40. The lowest BCUT2D eigenvalue weighted by Crippen LogP contribution is -1.84. The predicted molar refractivity (Wildman–Crippen MR) is 66.8 cm³/mol. The van der Waals surface area contributed by atoms with Gasteiger partial charge in [-0.05, 0) is 47.0 Å². The zero-order chi connectivity index (χ0) is 11.5. The Balaban J connectivity index is 2.56. The van der Waals surface area contributed by atoms with E-state index in [-0.39, 0.29) is 0 Å². The maximum absolute atomic E-state index is 8.96. The van der Waals surface area contributed by atoms with E-state index >= 15 is 0 Å². The highest BCUT2D eigenvalue weighted by molar-refractivity contribution is 5.87. The summed E-state index contributed by atoms with van der Waals surface area (Å²) in [7, 11) is 1.66. The fourth-order valence-corrected chi connectivity index (χ4v) is 1.67. The SMILES string of the molecule is COc1ccc2cc(/C(C)=C/O)ccc2c1. The second kappa shape index (κ2) is 4.27. The maximum atomic E-state index is 8.96. The summed E-state index contributed by atoms with van der Waals surface area (Å²) < 4.78 is 5.17. The quantitative estimate of drug-likeness (QED) is 0.771. The number of fused-ring (bicyclic) bond motifs is 1. The Morgan fingerprint density at radius 1 is 1.12 bits per heavy atom. The Labute approximate surface area is 94.8 Å². The molecule has 0 aliphatic rings. The molecular formula is C14H14O2. The van der Waals surface area contributed by atoms with Crippen molar-refractivity contribution in [1.29, 1.82) is 0 Å². The topological polar surface area (TPSA) is 29.5 Å². The van der Waals surface area contributed by atoms with Gasteiger partial charge < -0.3 is 9.84 Å². The molecule has 2 heteroatoms. The number of ether oxygens (including phenoxy) is 1. The summed E-state index contributed by atoms with van der Waals surface area (Å²) in [5.74, 6) is 0.856. The number of aliphatic hydroxyl groups is 1. The van der Waals surface area contributed by atoms with E-state index in [2.05, 4.69) is 6.07 Å². The number of aliphatic hydroxyl groups excluding tert-OH is 1. The van der Waals surface area contributed by atoms with Crippen molar-refractivity contribution in [2.75, 3.05) is 7.11 Å². The highest BCUT2D eigenvalue weighted by Gasteiger charge is 2.00. The van der Waals surface area contributed by atoms with Crippen LogP contribution in [0.4, 0.5) is 0 Å². The number of allylic oxidation sites excluding steroid dienone is 1. The van der Waals surface area contributed by atoms with E-state index in [0.717, 1.165) is 33.9 Å². The van der Waals surface area contributed by atoms with Gasteiger partial charge in [0.2, 0.25) is 0 Å². The first-order chi connectivity index (χ1) is 7.74. The number of methoxy groups -OCH3 is 1. The third-order valence-corrected chi connectivity index (χ3v) is 2.70. The molecule has 0 radical (unpaired) electrons. The summed E-state index contributed by atoms with van der Waals surface area (Å²) in [6, 6.07) is 12.0. The normalized spacial score (nSPS) is 11.8. The van der Waals surface area contributed by atoms with Crippen molar-refractivity contribution in [3.05, 3.63) is 48.2 Å². The van der Waals surface area contributed by atoms with E-state index in [1.54, 1.807) is 7.11 Å². The highest BCUT2D eigenvalue weighted by atomic mass is 16.5. The van der Waals surface area contributed by atoms with E-state index in [0.29, 0.717) is 0 Å². The average molecular weight is 214 g/mol. The molecule has 0 saturated carbocycles. The summed E-state index contributed by atoms with van der Waals surface area (Å²) >= 11 is 0. The van der Waals surface area contributed by atoms with Crippen molar-refractivity contribution < 1.29 is 9.84 Å². The van der Waals surface area contributed by atoms with Gasteiger partial charge in [0.15, 0.2) is 0 Å². The summed E-state index contributed by atoms with van der Waals surface area (Å²) in [6.07, 6.45) is 1.13. The van der Waals surface area contributed by atoms with E-state index in [9.17, 15) is 0 Å². The maximum Gasteiger partial charge on any atom is 0.119 e.